The Hall–Kier alpha value is -4.32. The van der Waals surface area contributed by atoms with Gasteiger partial charge in [0.15, 0.2) is 0 Å². The molecule has 1 atom stereocenters. The molecule has 1 unspecified atom stereocenters. The number of benzene rings is 3. The van der Waals surface area contributed by atoms with E-state index in [1.807, 2.05) is 0 Å². The molecule has 0 saturated heterocycles. The summed E-state index contributed by atoms with van der Waals surface area (Å²) < 4.78 is 38.7. The molecule has 0 aliphatic heterocycles. The van der Waals surface area contributed by atoms with E-state index in [-0.39, 0.29) is 22.5 Å². The standard InChI is InChI=1S/C25H19F3N2O6S/c1-13(21(31)29-16-5-2-4-15(11-16)25(26,27)28)37-18-7-3-6-17(12-18)30-22(32)19-9-8-14(23(33)34)10-20(19)24(35)36/h2-13H,1H3,(H,29,31)(H,30,32)(H,33,34)(H,35,36). The summed E-state index contributed by atoms with van der Waals surface area (Å²) in [5, 5.41) is 22.7. The minimum Gasteiger partial charge on any atom is -0.478 e. The number of carboxylic acid groups (broad SMARTS) is 2. The van der Waals surface area contributed by atoms with E-state index in [4.69, 9.17) is 5.11 Å². The van der Waals surface area contributed by atoms with Crippen molar-refractivity contribution in [2.45, 2.75) is 23.2 Å². The minimum atomic E-state index is -4.55. The van der Waals surface area contributed by atoms with Gasteiger partial charge in [0.1, 0.15) is 0 Å². The van der Waals surface area contributed by atoms with Crippen molar-refractivity contribution in [3.63, 3.8) is 0 Å². The van der Waals surface area contributed by atoms with Gasteiger partial charge in [0.05, 0.1) is 27.5 Å². The van der Waals surface area contributed by atoms with E-state index in [1.165, 1.54) is 24.3 Å². The predicted octanol–water partition coefficient (Wildman–Crippen LogP) is 5.47. The first-order chi connectivity index (χ1) is 17.3. The fraction of sp³-hybridized carbons (Fsp3) is 0.120. The lowest BCUT2D eigenvalue weighted by Gasteiger charge is -2.14. The molecule has 3 aromatic rings. The summed E-state index contributed by atoms with van der Waals surface area (Å²) in [6.45, 7) is 1.56. The molecule has 0 bridgehead atoms. The first kappa shape index (κ1) is 27.3. The van der Waals surface area contributed by atoms with Crippen LogP contribution in [0, 0.1) is 0 Å². The summed E-state index contributed by atoms with van der Waals surface area (Å²) in [6.07, 6.45) is -4.55. The Labute approximate surface area is 212 Å². The first-order valence-electron chi connectivity index (χ1n) is 10.5. The van der Waals surface area contributed by atoms with Crippen molar-refractivity contribution >= 4 is 46.9 Å². The van der Waals surface area contributed by atoms with Crippen molar-refractivity contribution in [2.75, 3.05) is 10.6 Å². The molecule has 0 spiro atoms. The highest BCUT2D eigenvalue weighted by atomic mass is 32.2. The number of carbonyl (C=O) groups is 4. The first-order valence-corrected chi connectivity index (χ1v) is 11.4. The number of hydrogen-bond acceptors (Lipinski definition) is 5. The highest BCUT2D eigenvalue weighted by molar-refractivity contribution is 8.00. The average Bonchev–Trinajstić information content (AvgIpc) is 2.83. The van der Waals surface area contributed by atoms with Crippen LogP contribution in [0.5, 0.6) is 0 Å². The Balaban J connectivity index is 1.70. The lowest BCUT2D eigenvalue weighted by Crippen LogP contribution is -2.22. The largest absolute Gasteiger partial charge is 0.478 e. The summed E-state index contributed by atoms with van der Waals surface area (Å²) in [7, 11) is 0. The summed E-state index contributed by atoms with van der Waals surface area (Å²) in [5.41, 5.74) is -1.63. The van der Waals surface area contributed by atoms with E-state index < -0.39 is 46.3 Å². The molecule has 37 heavy (non-hydrogen) atoms. The van der Waals surface area contributed by atoms with Crippen LogP contribution in [0.15, 0.2) is 71.6 Å². The SMILES string of the molecule is CC(Sc1cccc(NC(=O)c2ccc(C(=O)O)cc2C(=O)O)c1)C(=O)Nc1cccc(C(F)(F)F)c1. The molecule has 3 aromatic carbocycles. The fourth-order valence-electron chi connectivity index (χ4n) is 3.17. The molecule has 0 aromatic heterocycles. The van der Waals surface area contributed by atoms with Crippen LogP contribution in [0.4, 0.5) is 24.5 Å². The lowest BCUT2D eigenvalue weighted by molar-refractivity contribution is -0.137. The second kappa shape index (κ2) is 11.2. The number of hydrogen-bond donors (Lipinski definition) is 4. The van der Waals surface area contributed by atoms with E-state index in [9.17, 15) is 37.5 Å². The molecular formula is C25H19F3N2O6S. The van der Waals surface area contributed by atoms with Gasteiger partial charge in [-0.15, -0.1) is 11.8 Å². The molecule has 0 aliphatic rings. The van der Waals surface area contributed by atoms with Crippen LogP contribution in [-0.4, -0.2) is 39.2 Å². The van der Waals surface area contributed by atoms with E-state index in [1.54, 1.807) is 19.1 Å². The molecule has 3 rings (SSSR count). The molecule has 12 heteroatoms. The Kier molecular flexibility index (Phi) is 8.23. The maximum absolute atomic E-state index is 12.9. The van der Waals surface area contributed by atoms with Crippen LogP contribution in [-0.2, 0) is 11.0 Å². The van der Waals surface area contributed by atoms with Gasteiger partial charge in [0.2, 0.25) is 5.91 Å². The molecular weight excluding hydrogens is 513 g/mol. The van der Waals surface area contributed by atoms with E-state index in [2.05, 4.69) is 10.6 Å². The van der Waals surface area contributed by atoms with Crippen LogP contribution in [0.2, 0.25) is 0 Å². The van der Waals surface area contributed by atoms with Crippen LogP contribution in [0.1, 0.15) is 43.6 Å². The van der Waals surface area contributed by atoms with Crippen molar-refractivity contribution in [3.8, 4) is 0 Å². The lowest BCUT2D eigenvalue weighted by atomic mass is 10.0. The third-order valence-corrected chi connectivity index (χ3v) is 6.07. The number of anilines is 2. The van der Waals surface area contributed by atoms with Crippen LogP contribution >= 0.6 is 11.8 Å². The van der Waals surface area contributed by atoms with Crippen molar-refractivity contribution in [1.82, 2.24) is 0 Å². The smallest absolute Gasteiger partial charge is 0.416 e. The van der Waals surface area contributed by atoms with E-state index in [0.29, 0.717) is 4.90 Å². The molecule has 2 amide bonds. The molecule has 0 aliphatic carbocycles. The van der Waals surface area contributed by atoms with Crippen LogP contribution < -0.4 is 10.6 Å². The summed E-state index contributed by atoms with van der Waals surface area (Å²) in [5.74, 6) is -4.14. The Morgan fingerprint density at radius 2 is 1.46 bits per heavy atom. The summed E-state index contributed by atoms with van der Waals surface area (Å²) >= 11 is 1.09. The van der Waals surface area contributed by atoms with E-state index >= 15 is 0 Å². The van der Waals surface area contributed by atoms with Crippen molar-refractivity contribution in [1.29, 1.82) is 0 Å². The minimum absolute atomic E-state index is 0.00330. The maximum Gasteiger partial charge on any atom is 0.416 e. The van der Waals surface area contributed by atoms with Gasteiger partial charge in [-0.1, -0.05) is 12.1 Å². The number of carbonyl (C=O) groups excluding carboxylic acids is 2. The quantitative estimate of drug-likeness (QED) is 0.283. The zero-order valence-corrected chi connectivity index (χ0v) is 19.8. The summed E-state index contributed by atoms with van der Waals surface area (Å²) in [4.78, 5) is 48.4. The topological polar surface area (TPSA) is 133 Å². The van der Waals surface area contributed by atoms with Gasteiger partial charge < -0.3 is 20.8 Å². The highest BCUT2D eigenvalue weighted by Gasteiger charge is 2.30. The molecule has 8 nitrogen and oxygen atoms in total. The van der Waals surface area contributed by atoms with Gasteiger partial charge in [-0.05, 0) is 61.5 Å². The molecule has 0 heterocycles. The number of amides is 2. The molecule has 0 radical (unpaired) electrons. The third kappa shape index (κ3) is 7.10. The van der Waals surface area contributed by atoms with Gasteiger partial charge in [-0.25, -0.2) is 9.59 Å². The molecule has 0 saturated carbocycles. The van der Waals surface area contributed by atoms with Crippen LogP contribution in [0.25, 0.3) is 0 Å². The Bertz CT molecular complexity index is 1380. The molecule has 192 valence electrons. The van der Waals surface area contributed by atoms with E-state index in [0.717, 1.165) is 42.1 Å². The van der Waals surface area contributed by atoms with Gasteiger partial charge >= 0.3 is 18.1 Å². The van der Waals surface area contributed by atoms with Crippen molar-refractivity contribution < 1.29 is 42.6 Å². The average molecular weight is 532 g/mol. The second-order valence-electron chi connectivity index (χ2n) is 7.68. The maximum atomic E-state index is 12.9. The monoisotopic (exact) mass is 532 g/mol. The van der Waals surface area contributed by atoms with Crippen molar-refractivity contribution in [3.05, 3.63) is 89.0 Å². The normalized spacial score (nSPS) is 11.9. The zero-order chi connectivity index (χ0) is 27.3. The summed E-state index contributed by atoms with van der Waals surface area (Å²) in [6, 6.07) is 13.7. The van der Waals surface area contributed by atoms with Crippen LogP contribution in [0.3, 0.4) is 0 Å². The Morgan fingerprint density at radius 3 is 2.08 bits per heavy atom. The second-order valence-corrected chi connectivity index (χ2v) is 9.09. The molecule has 4 N–H and O–H groups in total. The number of carboxylic acids is 2. The number of thioether (sulfide) groups is 1. The van der Waals surface area contributed by atoms with Gasteiger partial charge in [0.25, 0.3) is 5.91 Å². The Morgan fingerprint density at radius 1 is 0.811 bits per heavy atom. The fourth-order valence-corrected chi connectivity index (χ4v) is 4.10. The number of rotatable bonds is 8. The number of alkyl halides is 3. The predicted molar refractivity (Wildman–Crippen MR) is 130 cm³/mol. The van der Waals surface area contributed by atoms with Gasteiger partial charge in [-0.3, -0.25) is 9.59 Å². The number of halogens is 3. The van der Waals surface area contributed by atoms with Gasteiger partial charge in [0, 0.05) is 16.3 Å². The number of aromatic carboxylic acids is 2. The molecule has 0 fully saturated rings. The number of nitrogens with one attached hydrogen (secondary N) is 2. The van der Waals surface area contributed by atoms with Crippen molar-refractivity contribution in [2.24, 2.45) is 0 Å². The zero-order valence-electron chi connectivity index (χ0n) is 19.0. The highest BCUT2D eigenvalue weighted by Crippen LogP contribution is 2.31. The van der Waals surface area contributed by atoms with Gasteiger partial charge in [-0.2, -0.15) is 13.2 Å². The third-order valence-electron chi connectivity index (χ3n) is 4.97.